The Morgan fingerprint density at radius 2 is 1.90 bits per heavy atom. The third kappa shape index (κ3) is 5.81. The van der Waals surface area contributed by atoms with Crippen LogP contribution in [0.25, 0.3) is 0 Å². The van der Waals surface area contributed by atoms with Gasteiger partial charge in [0.15, 0.2) is 6.61 Å². The summed E-state index contributed by atoms with van der Waals surface area (Å²) >= 11 is 0. The van der Waals surface area contributed by atoms with E-state index in [1.165, 1.54) is 5.69 Å². The van der Waals surface area contributed by atoms with Gasteiger partial charge in [0.05, 0.1) is 5.56 Å². The first-order chi connectivity index (χ1) is 14.2. The lowest BCUT2D eigenvalue weighted by Crippen LogP contribution is -2.30. The minimum Gasteiger partial charge on any atom is -0.485 e. The summed E-state index contributed by atoms with van der Waals surface area (Å²) < 4.78 is 10.7. The number of carbonyl (C=O) groups is 1. The fourth-order valence-electron chi connectivity index (χ4n) is 3.00. The molecule has 1 aromatic heterocycles. The van der Waals surface area contributed by atoms with Crippen LogP contribution < -0.4 is 15.0 Å². The van der Waals surface area contributed by atoms with Crippen LogP contribution in [0.15, 0.2) is 59.1 Å². The van der Waals surface area contributed by atoms with Crippen molar-refractivity contribution in [1.29, 1.82) is 0 Å². The van der Waals surface area contributed by atoms with E-state index >= 15 is 0 Å². The van der Waals surface area contributed by atoms with Crippen molar-refractivity contribution in [3.63, 3.8) is 0 Å². The summed E-state index contributed by atoms with van der Waals surface area (Å²) in [6.07, 6.45) is 0.847. The summed E-state index contributed by atoms with van der Waals surface area (Å²) in [5.74, 6) is 1.25. The number of anilines is 1. The van der Waals surface area contributed by atoms with Gasteiger partial charge in [0, 0.05) is 32.2 Å². The molecule has 7 nitrogen and oxygen atoms in total. The molecule has 0 atom stereocenters. The minimum atomic E-state index is -0.160. The van der Waals surface area contributed by atoms with E-state index < -0.39 is 0 Å². The number of nitrogens with one attached hydrogen (secondary N) is 1. The summed E-state index contributed by atoms with van der Waals surface area (Å²) in [7, 11) is 0. The Bertz CT molecular complexity index is 911. The molecule has 3 rings (SSSR count). The van der Waals surface area contributed by atoms with Gasteiger partial charge >= 0.3 is 0 Å². The number of hydrogen-bond donors (Lipinski definition) is 1. The van der Waals surface area contributed by atoms with Crippen molar-refractivity contribution >= 4 is 11.6 Å². The molecular weight excluding hydrogens is 368 g/mol. The van der Waals surface area contributed by atoms with E-state index in [2.05, 4.69) is 39.4 Å². The number of aromatic nitrogens is 2. The zero-order valence-corrected chi connectivity index (χ0v) is 16.8. The zero-order valence-electron chi connectivity index (χ0n) is 16.8. The molecule has 29 heavy (non-hydrogen) atoms. The Labute approximate surface area is 170 Å². The monoisotopic (exact) mass is 394 g/mol. The van der Waals surface area contributed by atoms with E-state index in [1.807, 2.05) is 30.3 Å². The lowest BCUT2D eigenvalue weighted by Gasteiger charge is -2.23. The molecule has 1 heterocycles. The van der Waals surface area contributed by atoms with Crippen molar-refractivity contribution in [3.8, 4) is 5.75 Å². The Kier molecular flexibility index (Phi) is 7.22. The molecule has 0 aliphatic carbocycles. The number of benzene rings is 2. The third-order valence-electron chi connectivity index (χ3n) is 4.45. The molecule has 0 unspecified atom stereocenters. The van der Waals surface area contributed by atoms with Crippen LogP contribution in [0.5, 0.6) is 5.75 Å². The van der Waals surface area contributed by atoms with Crippen LogP contribution in [0.4, 0.5) is 5.69 Å². The van der Waals surface area contributed by atoms with E-state index in [1.54, 1.807) is 19.1 Å². The summed E-state index contributed by atoms with van der Waals surface area (Å²) in [5, 5.41) is 6.78. The first-order valence-corrected chi connectivity index (χ1v) is 9.76. The quantitative estimate of drug-likeness (QED) is 0.529. The van der Waals surface area contributed by atoms with Gasteiger partial charge in [-0.3, -0.25) is 4.79 Å². The van der Waals surface area contributed by atoms with Crippen LogP contribution >= 0.6 is 0 Å². The second-order valence-electron chi connectivity index (χ2n) is 6.54. The SMILES string of the molecule is CCN(CCCNC(=O)c1ccccc1OCc1noc(C)n1)c1ccccc1. The highest BCUT2D eigenvalue weighted by Gasteiger charge is 2.13. The number of aryl methyl sites for hydroxylation is 1. The number of para-hydroxylation sites is 2. The molecule has 0 radical (unpaired) electrons. The second kappa shape index (κ2) is 10.3. The second-order valence-corrected chi connectivity index (χ2v) is 6.54. The summed E-state index contributed by atoms with van der Waals surface area (Å²) in [4.78, 5) is 19.0. The predicted molar refractivity (Wildman–Crippen MR) is 111 cm³/mol. The maximum Gasteiger partial charge on any atom is 0.255 e. The molecule has 0 saturated heterocycles. The molecule has 2 aromatic carbocycles. The molecular formula is C22H26N4O3. The van der Waals surface area contributed by atoms with Crippen molar-refractivity contribution in [2.75, 3.05) is 24.5 Å². The highest BCUT2D eigenvalue weighted by atomic mass is 16.5. The Balaban J connectivity index is 1.50. The van der Waals surface area contributed by atoms with E-state index in [0.717, 1.165) is 19.5 Å². The van der Waals surface area contributed by atoms with Gasteiger partial charge in [-0.1, -0.05) is 35.5 Å². The molecule has 0 saturated carbocycles. The molecule has 1 N–H and O–H groups in total. The van der Waals surface area contributed by atoms with Gasteiger partial charge in [-0.05, 0) is 37.6 Å². The number of hydrogen-bond acceptors (Lipinski definition) is 6. The first kappa shape index (κ1) is 20.4. The van der Waals surface area contributed by atoms with E-state index in [9.17, 15) is 4.79 Å². The van der Waals surface area contributed by atoms with E-state index in [0.29, 0.717) is 29.6 Å². The smallest absolute Gasteiger partial charge is 0.255 e. The number of carbonyl (C=O) groups excluding carboxylic acids is 1. The van der Waals surface area contributed by atoms with Gasteiger partial charge in [-0.2, -0.15) is 4.98 Å². The average Bonchev–Trinajstić information content (AvgIpc) is 3.18. The van der Waals surface area contributed by atoms with Crippen LogP contribution in [-0.2, 0) is 6.61 Å². The van der Waals surface area contributed by atoms with E-state index in [4.69, 9.17) is 9.26 Å². The highest BCUT2D eigenvalue weighted by molar-refractivity contribution is 5.96. The molecule has 1 amide bonds. The lowest BCUT2D eigenvalue weighted by molar-refractivity contribution is 0.0948. The normalized spacial score (nSPS) is 10.6. The number of nitrogens with zero attached hydrogens (tertiary/aromatic N) is 3. The summed E-state index contributed by atoms with van der Waals surface area (Å²) in [6.45, 7) is 6.37. The fourth-order valence-corrected chi connectivity index (χ4v) is 3.00. The number of ether oxygens (including phenoxy) is 1. The fraction of sp³-hybridized carbons (Fsp3) is 0.318. The molecule has 0 spiro atoms. The molecule has 7 heteroatoms. The highest BCUT2D eigenvalue weighted by Crippen LogP contribution is 2.19. The summed E-state index contributed by atoms with van der Waals surface area (Å²) in [5.41, 5.74) is 1.68. The molecule has 0 aliphatic rings. The predicted octanol–water partition coefficient (Wildman–Crippen LogP) is 3.60. The van der Waals surface area contributed by atoms with Gasteiger partial charge in [-0.25, -0.2) is 0 Å². The largest absolute Gasteiger partial charge is 0.485 e. The Hall–Kier alpha value is -3.35. The van der Waals surface area contributed by atoms with Crippen molar-refractivity contribution in [2.45, 2.75) is 26.9 Å². The van der Waals surface area contributed by atoms with Crippen LogP contribution in [0.3, 0.4) is 0 Å². The molecule has 152 valence electrons. The lowest BCUT2D eigenvalue weighted by atomic mass is 10.2. The Morgan fingerprint density at radius 1 is 1.14 bits per heavy atom. The maximum absolute atomic E-state index is 12.6. The molecule has 0 bridgehead atoms. The van der Waals surface area contributed by atoms with Crippen LogP contribution in [0, 0.1) is 6.92 Å². The van der Waals surface area contributed by atoms with Gasteiger partial charge < -0.3 is 19.5 Å². The maximum atomic E-state index is 12.6. The third-order valence-corrected chi connectivity index (χ3v) is 4.45. The zero-order chi connectivity index (χ0) is 20.5. The van der Waals surface area contributed by atoms with Crippen molar-refractivity contribution < 1.29 is 14.1 Å². The topological polar surface area (TPSA) is 80.5 Å². The molecule has 0 fully saturated rings. The van der Waals surface area contributed by atoms with Gasteiger partial charge in [-0.15, -0.1) is 0 Å². The molecule has 0 aliphatic heterocycles. The average molecular weight is 394 g/mol. The standard InChI is InChI=1S/C22H26N4O3/c1-3-26(18-10-5-4-6-11-18)15-9-14-23-22(27)19-12-7-8-13-20(19)28-16-21-24-17(2)29-25-21/h4-8,10-13H,3,9,14-16H2,1-2H3,(H,23,27). The molecule has 3 aromatic rings. The van der Waals surface area contributed by atoms with Crippen molar-refractivity contribution in [3.05, 3.63) is 71.9 Å². The minimum absolute atomic E-state index is 0.143. The van der Waals surface area contributed by atoms with Crippen LogP contribution in [0.2, 0.25) is 0 Å². The van der Waals surface area contributed by atoms with Crippen LogP contribution in [-0.4, -0.2) is 35.7 Å². The van der Waals surface area contributed by atoms with E-state index in [-0.39, 0.29) is 12.5 Å². The number of rotatable bonds is 10. The van der Waals surface area contributed by atoms with Gasteiger partial charge in [0.25, 0.3) is 5.91 Å². The van der Waals surface area contributed by atoms with Gasteiger partial charge in [0.1, 0.15) is 5.75 Å². The van der Waals surface area contributed by atoms with Crippen LogP contribution in [0.1, 0.15) is 35.4 Å². The van der Waals surface area contributed by atoms with Crippen molar-refractivity contribution in [1.82, 2.24) is 15.5 Å². The van der Waals surface area contributed by atoms with Gasteiger partial charge in [0.2, 0.25) is 11.7 Å². The summed E-state index contributed by atoms with van der Waals surface area (Å²) in [6, 6.07) is 17.4. The Morgan fingerprint density at radius 3 is 2.62 bits per heavy atom. The van der Waals surface area contributed by atoms with Crippen molar-refractivity contribution in [2.24, 2.45) is 0 Å². The first-order valence-electron chi connectivity index (χ1n) is 9.76. The number of amides is 1.